The van der Waals surface area contributed by atoms with E-state index < -0.39 is 11.2 Å². The predicted octanol–water partition coefficient (Wildman–Crippen LogP) is 4.44. The summed E-state index contributed by atoms with van der Waals surface area (Å²) in [4.78, 5) is 16.2. The number of hydrogen-bond acceptors (Lipinski definition) is 5. The van der Waals surface area contributed by atoms with Crippen molar-refractivity contribution in [3.05, 3.63) is 71.5 Å². The molecular formula is C19H14N2O3S. The normalized spacial score (nSPS) is 11.7. The van der Waals surface area contributed by atoms with Gasteiger partial charge in [0.05, 0.1) is 11.8 Å². The summed E-state index contributed by atoms with van der Waals surface area (Å²) in [6.07, 6.45) is 1.54. The van der Waals surface area contributed by atoms with Gasteiger partial charge in [-0.3, -0.25) is 4.79 Å². The van der Waals surface area contributed by atoms with E-state index in [1.165, 1.54) is 0 Å². The van der Waals surface area contributed by atoms with Crippen molar-refractivity contribution in [3.8, 4) is 17.5 Å². The first-order chi connectivity index (χ1) is 12.1. The Hall–Kier alpha value is -3.04. The molecule has 0 saturated heterocycles. The third-order valence-corrected chi connectivity index (χ3v) is 4.85. The summed E-state index contributed by atoms with van der Waals surface area (Å²) in [6, 6.07) is 16.3. The Morgan fingerprint density at radius 1 is 1.28 bits per heavy atom. The lowest BCUT2D eigenvalue weighted by Crippen LogP contribution is -2.09. The first-order valence-electron chi connectivity index (χ1n) is 7.50. The molecule has 0 bridgehead atoms. The van der Waals surface area contributed by atoms with E-state index >= 15 is 0 Å². The van der Waals surface area contributed by atoms with Crippen LogP contribution in [0.15, 0.2) is 64.2 Å². The molecular weight excluding hydrogens is 336 g/mol. The van der Waals surface area contributed by atoms with Crippen molar-refractivity contribution in [1.82, 2.24) is 4.98 Å². The summed E-state index contributed by atoms with van der Waals surface area (Å²) in [6.45, 7) is 1.80. The van der Waals surface area contributed by atoms with Crippen LogP contribution in [0.3, 0.4) is 0 Å². The molecule has 1 unspecified atom stereocenters. The number of carbonyl (C=O) groups is 1. The zero-order valence-electron chi connectivity index (χ0n) is 13.3. The van der Waals surface area contributed by atoms with Crippen molar-refractivity contribution in [1.29, 1.82) is 5.26 Å². The standard InChI is InChI=1S/C19H14N2O3S/c1-12-10-15(16-8-5-9-24-16)21-18(14(12)11-20)25-17(19(22)23)13-6-3-2-4-7-13/h2-10,17H,1H3,(H,22,23). The fourth-order valence-corrected chi connectivity index (χ4v) is 3.51. The number of nitrogens with zero attached hydrogens (tertiary/aromatic N) is 2. The van der Waals surface area contributed by atoms with Crippen LogP contribution < -0.4 is 0 Å². The van der Waals surface area contributed by atoms with Gasteiger partial charge in [0.2, 0.25) is 0 Å². The van der Waals surface area contributed by atoms with Crippen molar-refractivity contribution >= 4 is 17.7 Å². The van der Waals surface area contributed by atoms with Crippen molar-refractivity contribution in [2.24, 2.45) is 0 Å². The van der Waals surface area contributed by atoms with Crippen molar-refractivity contribution in [2.75, 3.05) is 0 Å². The number of hydrogen-bond donors (Lipinski definition) is 1. The number of nitriles is 1. The summed E-state index contributed by atoms with van der Waals surface area (Å²) < 4.78 is 5.37. The lowest BCUT2D eigenvalue weighted by molar-refractivity contribution is -0.136. The molecule has 25 heavy (non-hydrogen) atoms. The summed E-state index contributed by atoms with van der Waals surface area (Å²) >= 11 is 1.05. The van der Waals surface area contributed by atoms with Crippen LogP contribution in [-0.2, 0) is 4.79 Å². The van der Waals surface area contributed by atoms with Gasteiger partial charge in [-0.25, -0.2) is 4.98 Å². The van der Waals surface area contributed by atoms with E-state index in [2.05, 4.69) is 11.1 Å². The first kappa shape index (κ1) is 16.8. The van der Waals surface area contributed by atoms with Crippen LogP contribution in [0.5, 0.6) is 0 Å². The second kappa shape index (κ2) is 7.24. The van der Waals surface area contributed by atoms with Crippen LogP contribution in [0.2, 0.25) is 0 Å². The third-order valence-electron chi connectivity index (χ3n) is 3.62. The highest BCUT2D eigenvalue weighted by Gasteiger charge is 2.24. The molecule has 2 aromatic heterocycles. The Kier molecular flexibility index (Phi) is 4.87. The second-order valence-electron chi connectivity index (χ2n) is 5.34. The van der Waals surface area contributed by atoms with E-state index in [0.717, 1.165) is 17.3 Å². The van der Waals surface area contributed by atoms with E-state index in [-0.39, 0.29) is 0 Å². The van der Waals surface area contributed by atoms with E-state index in [1.807, 2.05) is 6.07 Å². The second-order valence-corrected chi connectivity index (χ2v) is 6.43. The molecule has 1 N–H and O–H groups in total. The van der Waals surface area contributed by atoms with Gasteiger partial charge in [-0.2, -0.15) is 5.26 Å². The van der Waals surface area contributed by atoms with Crippen LogP contribution in [0.1, 0.15) is 21.9 Å². The number of aliphatic carboxylic acids is 1. The Morgan fingerprint density at radius 2 is 2.04 bits per heavy atom. The van der Waals surface area contributed by atoms with Gasteiger partial charge in [0.15, 0.2) is 5.76 Å². The molecule has 3 aromatic rings. The molecule has 2 heterocycles. The van der Waals surface area contributed by atoms with Gasteiger partial charge in [-0.15, -0.1) is 0 Å². The molecule has 1 aromatic carbocycles. The number of thioether (sulfide) groups is 1. The highest BCUT2D eigenvalue weighted by atomic mass is 32.2. The van der Waals surface area contributed by atoms with Gasteiger partial charge < -0.3 is 9.52 Å². The van der Waals surface area contributed by atoms with Crippen molar-refractivity contribution in [3.63, 3.8) is 0 Å². The van der Waals surface area contributed by atoms with Crippen molar-refractivity contribution < 1.29 is 14.3 Å². The molecule has 0 aliphatic heterocycles. The highest BCUT2D eigenvalue weighted by molar-refractivity contribution is 8.00. The fraction of sp³-hybridized carbons (Fsp3) is 0.105. The molecule has 124 valence electrons. The fourth-order valence-electron chi connectivity index (χ4n) is 2.42. The molecule has 0 spiro atoms. The van der Waals surface area contributed by atoms with Gasteiger partial charge in [0, 0.05) is 0 Å². The minimum atomic E-state index is -0.983. The SMILES string of the molecule is Cc1cc(-c2ccco2)nc(SC(C(=O)O)c2ccccc2)c1C#N. The monoisotopic (exact) mass is 350 g/mol. The zero-order valence-corrected chi connectivity index (χ0v) is 14.2. The molecule has 0 amide bonds. The van der Waals surface area contributed by atoms with Gasteiger partial charge in [0.1, 0.15) is 22.0 Å². The van der Waals surface area contributed by atoms with Crippen LogP contribution in [0, 0.1) is 18.3 Å². The highest BCUT2D eigenvalue weighted by Crippen LogP contribution is 2.38. The average molecular weight is 350 g/mol. The topological polar surface area (TPSA) is 87.1 Å². The Balaban J connectivity index is 2.06. The quantitative estimate of drug-likeness (QED) is 0.685. The lowest BCUT2D eigenvalue weighted by Gasteiger charge is -2.14. The predicted molar refractivity (Wildman–Crippen MR) is 94.1 cm³/mol. The Bertz CT molecular complexity index is 931. The van der Waals surface area contributed by atoms with Gasteiger partial charge in [-0.05, 0) is 36.2 Å². The number of rotatable bonds is 5. The molecule has 0 fully saturated rings. The Labute approximate surface area is 148 Å². The molecule has 0 radical (unpaired) electrons. The number of aryl methyl sites for hydroxylation is 1. The van der Waals surface area contributed by atoms with E-state index in [1.54, 1.807) is 55.7 Å². The Morgan fingerprint density at radius 3 is 2.64 bits per heavy atom. The molecule has 1 atom stereocenters. The zero-order chi connectivity index (χ0) is 17.8. The first-order valence-corrected chi connectivity index (χ1v) is 8.38. The van der Waals surface area contributed by atoms with Gasteiger partial charge in [-0.1, -0.05) is 42.1 Å². The van der Waals surface area contributed by atoms with Crippen LogP contribution in [0.4, 0.5) is 0 Å². The molecule has 0 aliphatic carbocycles. The minimum absolute atomic E-state index is 0.377. The number of benzene rings is 1. The molecule has 3 rings (SSSR count). The number of furan rings is 1. The maximum absolute atomic E-state index is 11.8. The number of aromatic nitrogens is 1. The van der Waals surface area contributed by atoms with Crippen LogP contribution in [-0.4, -0.2) is 16.1 Å². The maximum atomic E-state index is 11.8. The number of pyridine rings is 1. The van der Waals surface area contributed by atoms with E-state index in [4.69, 9.17) is 4.42 Å². The van der Waals surface area contributed by atoms with E-state index in [0.29, 0.717) is 27.6 Å². The van der Waals surface area contributed by atoms with Gasteiger partial charge in [0.25, 0.3) is 0 Å². The molecule has 0 saturated carbocycles. The summed E-state index contributed by atoms with van der Waals surface area (Å²) in [5.41, 5.74) is 2.32. The molecule has 6 heteroatoms. The lowest BCUT2D eigenvalue weighted by atomic mass is 10.1. The summed E-state index contributed by atoms with van der Waals surface area (Å²) in [7, 11) is 0. The largest absolute Gasteiger partial charge is 0.480 e. The summed E-state index contributed by atoms with van der Waals surface area (Å²) in [5.74, 6) is -0.413. The van der Waals surface area contributed by atoms with Crippen LogP contribution >= 0.6 is 11.8 Å². The average Bonchev–Trinajstić information content (AvgIpc) is 3.14. The van der Waals surface area contributed by atoms with E-state index in [9.17, 15) is 15.2 Å². The minimum Gasteiger partial charge on any atom is -0.480 e. The number of carboxylic acids is 1. The maximum Gasteiger partial charge on any atom is 0.321 e. The summed E-state index contributed by atoms with van der Waals surface area (Å²) in [5, 5.41) is 18.6. The number of carboxylic acid groups (broad SMARTS) is 1. The van der Waals surface area contributed by atoms with Crippen molar-refractivity contribution in [2.45, 2.75) is 17.2 Å². The smallest absolute Gasteiger partial charge is 0.321 e. The molecule has 0 aliphatic rings. The van der Waals surface area contributed by atoms with Gasteiger partial charge >= 0.3 is 5.97 Å². The molecule has 5 nitrogen and oxygen atoms in total. The van der Waals surface area contributed by atoms with Crippen LogP contribution in [0.25, 0.3) is 11.5 Å². The third kappa shape index (κ3) is 3.57.